The van der Waals surface area contributed by atoms with Crippen LogP contribution in [0.3, 0.4) is 0 Å². The zero-order valence-electron chi connectivity index (χ0n) is 22.2. The van der Waals surface area contributed by atoms with Crippen LogP contribution < -0.4 is 37.4 Å². The van der Waals surface area contributed by atoms with Crippen molar-refractivity contribution in [3.05, 3.63) is 150 Å². The molecular formula is C36H35NP2. The second-order valence-corrected chi connectivity index (χ2v) is 14.2. The first-order valence-corrected chi connectivity index (χ1v) is 16.6. The predicted octanol–water partition coefficient (Wildman–Crippen LogP) is 5.88. The molecule has 5 aromatic carbocycles. The van der Waals surface area contributed by atoms with Crippen molar-refractivity contribution in [3.63, 3.8) is 0 Å². The largest absolute Gasteiger partial charge is 0.398 e. The van der Waals surface area contributed by atoms with E-state index >= 15 is 0 Å². The minimum Gasteiger partial charge on any atom is -0.398 e. The van der Waals surface area contributed by atoms with Crippen LogP contribution in [0.5, 0.6) is 0 Å². The van der Waals surface area contributed by atoms with Crippen molar-refractivity contribution in [1.82, 2.24) is 0 Å². The molecule has 0 amide bonds. The van der Waals surface area contributed by atoms with E-state index in [0.717, 1.165) is 30.9 Å². The minimum atomic E-state index is -0.417. The van der Waals surface area contributed by atoms with E-state index in [9.17, 15) is 0 Å². The third kappa shape index (κ3) is 7.33. The molecule has 0 heterocycles. The number of nitrogens with two attached hydrogens (primary N) is 1. The molecule has 0 bridgehead atoms. The summed E-state index contributed by atoms with van der Waals surface area (Å²) in [5.74, 6) is 0. The number of anilines is 1. The smallest absolute Gasteiger partial charge is 0.0390 e. The molecule has 0 aliphatic rings. The Hall–Kier alpha value is -3.50. The summed E-state index contributed by atoms with van der Waals surface area (Å²) in [5.41, 5.74) is 7.39. The van der Waals surface area contributed by atoms with Gasteiger partial charge in [-0.05, 0) is 73.5 Å². The van der Waals surface area contributed by atoms with Crippen LogP contribution in [0.2, 0.25) is 0 Å². The molecule has 5 aromatic rings. The number of benzene rings is 5. The Morgan fingerprint density at radius 2 is 0.821 bits per heavy atom. The van der Waals surface area contributed by atoms with Gasteiger partial charge in [-0.25, -0.2) is 0 Å². The van der Waals surface area contributed by atoms with Gasteiger partial charge in [0.25, 0.3) is 0 Å². The van der Waals surface area contributed by atoms with Gasteiger partial charge in [0.05, 0.1) is 0 Å². The van der Waals surface area contributed by atoms with Crippen molar-refractivity contribution in [1.29, 1.82) is 0 Å². The van der Waals surface area contributed by atoms with Crippen molar-refractivity contribution in [3.8, 4) is 0 Å². The maximum atomic E-state index is 6.53. The molecule has 3 heteroatoms. The monoisotopic (exact) mass is 543 g/mol. The van der Waals surface area contributed by atoms with Gasteiger partial charge < -0.3 is 5.73 Å². The molecule has 0 saturated carbocycles. The van der Waals surface area contributed by atoms with Crippen LogP contribution in [0.25, 0.3) is 12.2 Å². The molecular weight excluding hydrogens is 508 g/mol. The van der Waals surface area contributed by atoms with Gasteiger partial charge in [-0.3, -0.25) is 0 Å². The van der Waals surface area contributed by atoms with Crippen LogP contribution in [0.4, 0.5) is 5.69 Å². The molecule has 1 nitrogen and oxygen atoms in total. The van der Waals surface area contributed by atoms with E-state index in [1.54, 1.807) is 0 Å². The average molecular weight is 544 g/mol. The molecule has 0 aromatic heterocycles. The van der Waals surface area contributed by atoms with Gasteiger partial charge >= 0.3 is 0 Å². The zero-order chi connectivity index (χ0) is 26.7. The Morgan fingerprint density at radius 1 is 0.436 bits per heavy atom. The van der Waals surface area contributed by atoms with Crippen molar-refractivity contribution < 1.29 is 0 Å². The Labute approximate surface area is 235 Å². The van der Waals surface area contributed by atoms with Gasteiger partial charge in [0.1, 0.15) is 0 Å². The molecule has 0 aliphatic heterocycles. The molecule has 0 spiro atoms. The molecule has 0 radical (unpaired) electrons. The highest BCUT2D eigenvalue weighted by atomic mass is 31.1. The lowest BCUT2D eigenvalue weighted by Gasteiger charge is -2.18. The van der Waals surface area contributed by atoms with Crippen LogP contribution in [-0.4, -0.2) is 12.3 Å². The van der Waals surface area contributed by atoms with Crippen molar-refractivity contribution >= 4 is 54.9 Å². The van der Waals surface area contributed by atoms with E-state index in [4.69, 9.17) is 5.73 Å². The van der Waals surface area contributed by atoms with Gasteiger partial charge in [0.15, 0.2) is 0 Å². The second-order valence-electron chi connectivity index (χ2n) is 9.48. The quantitative estimate of drug-likeness (QED) is 0.173. The zero-order valence-corrected chi connectivity index (χ0v) is 24.0. The third-order valence-corrected chi connectivity index (χ3v) is 12.0. The first kappa shape index (κ1) is 27.1. The summed E-state index contributed by atoms with van der Waals surface area (Å²) in [6, 6.07) is 50.1. The molecule has 5 rings (SSSR count). The van der Waals surface area contributed by atoms with E-state index in [-0.39, 0.29) is 0 Å². The van der Waals surface area contributed by atoms with Crippen LogP contribution in [0, 0.1) is 0 Å². The summed E-state index contributed by atoms with van der Waals surface area (Å²) < 4.78 is 0. The fourth-order valence-corrected chi connectivity index (χ4v) is 9.48. The fourth-order valence-electron chi connectivity index (χ4n) is 4.95. The first-order valence-electron chi connectivity index (χ1n) is 13.6. The van der Waals surface area contributed by atoms with E-state index in [1.165, 1.54) is 31.7 Å². The lowest BCUT2D eigenvalue weighted by atomic mass is 10.1. The minimum absolute atomic E-state index is 0.406. The van der Waals surface area contributed by atoms with E-state index in [2.05, 4.69) is 146 Å². The highest BCUT2D eigenvalue weighted by molar-refractivity contribution is 7.73. The SMILES string of the molecule is Nc1cccc(=CCCP(c2ccccc2)c2ccccc2)c1=CCCP(c1ccccc1)c1ccccc1. The summed E-state index contributed by atoms with van der Waals surface area (Å²) in [5, 5.41) is 8.14. The van der Waals surface area contributed by atoms with Gasteiger partial charge in [0, 0.05) is 10.9 Å². The van der Waals surface area contributed by atoms with Crippen LogP contribution in [0.15, 0.2) is 140 Å². The summed E-state index contributed by atoms with van der Waals surface area (Å²) in [6.45, 7) is 0. The molecule has 39 heavy (non-hydrogen) atoms. The van der Waals surface area contributed by atoms with Crippen LogP contribution in [0.1, 0.15) is 12.8 Å². The Kier molecular flexibility index (Phi) is 9.75. The van der Waals surface area contributed by atoms with Gasteiger partial charge in [0.2, 0.25) is 0 Å². The Morgan fingerprint density at radius 3 is 1.23 bits per heavy atom. The highest BCUT2D eigenvalue weighted by Gasteiger charge is 2.13. The second kappa shape index (κ2) is 14.0. The molecule has 0 saturated heterocycles. The Balaban J connectivity index is 1.37. The fraction of sp³-hybridized carbons (Fsp3) is 0.111. The first-order chi connectivity index (χ1) is 19.3. The highest BCUT2D eigenvalue weighted by Crippen LogP contribution is 2.35. The number of hydrogen-bond acceptors (Lipinski definition) is 1. The summed E-state index contributed by atoms with van der Waals surface area (Å²) >= 11 is 0. The lowest BCUT2D eigenvalue weighted by molar-refractivity contribution is 1.27. The van der Waals surface area contributed by atoms with Crippen LogP contribution >= 0.6 is 15.8 Å². The maximum absolute atomic E-state index is 6.53. The van der Waals surface area contributed by atoms with E-state index < -0.39 is 15.8 Å². The molecule has 0 aliphatic carbocycles. The summed E-state index contributed by atoms with van der Waals surface area (Å²) in [7, 11) is -0.823. The molecule has 194 valence electrons. The number of rotatable bonds is 10. The van der Waals surface area contributed by atoms with Crippen LogP contribution in [-0.2, 0) is 0 Å². The molecule has 0 atom stereocenters. The van der Waals surface area contributed by atoms with Crippen molar-refractivity contribution in [2.24, 2.45) is 0 Å². The Bertz CT molecular complexity index is 1470. The van der Waals surface area contributed by atoms with Gasteiger partial charge in [-0.2, -0.15) is 0 Å². The van der Waals surface area contributed by atoms with Gasteiger partial charge in [-0.1, -0.05) is 146 Å². The molecule has 2 N–H and O–H groups in total. The maximum Gasteiger partial charge on any atom is 0.0390 e. The topological polar surface area (TPSA) is 26.0 Å². The van der Waals surface area contributed by atoms with E-state index in [1.807, 2.05) is 6.07 Å². The molecule has 0 unspecified atom stereocenters. The molecule has 0 fully saturated rings. The third-order valence-electron chi connectivity index (χ3n) is 6.86. The summed E-state index contributed by atoms with van der Waals surface area (Å²) in [4.78, 5) is 0. The standard InChI is InChI=1S/C36H35NP2/c37-36-27-13-16-30(17-14-28-38(31-18-5-1-6-19-31)32-20-7-2-8-21-32)35(36)26-15-29-39(33-22-9-3-10-23-33)34-24-11-4-12-25-34/h1-13,16-27H,14-15,28-29,37H2. The predicted molar refractivity (Wildman–Crippen MR) is 176 cm³/mol. The average Bonchev–Trinajstić information content (AvgIpc) is 3.00. The van der Waals surface area contributed by atoms with Gasteiger partial charge in [-0.15, -0.1) is 0 Å². The normalized spacial score (nSPS) is 12.4. The summed E-state index contributed by atoms with van der Waals surface area (Å²) in [6.07, 6.45) is 8.97. The lowest BCUT2D eigenvalue weighted by Crippen LogP contribution is -2.28. The van der Waals surface area contributed by atoms with Crippen molar-refractivity contribution in [2.75, 3.05) is 18.1 Å². The number of hydrogen-bond donors (Lipinski definition) is 1. The number of nitrogen functional groups attached to an aromatic ring is 1. The van der Waals surface area contributed by atoms with E-state index in [0.29, 0.717) is 0 Å². The van der Waals surface area contributed by atoms with Crippen molar-refractivity contribution in [2.45, 2.75) is 12.8 Å².